The molecule has 0 amide bonds. The van der Waals surface area contributed by atoms with Gasteiger partial charge in [-0.05, 0) is 62.4 Å². The van der Waals surface area contributed by atoms with Crippen molar-refractivity contribution in [1.82, 2.24) is 0 Å². The van der Waals surface area contributed by atoms with E-state index in [4.69, 9.17) is 5.73 Å². The number of piperidine rings is 1. The van der Waals surface area contributed by atoms with Crippen LogP contribution in [-0.2, 0) is 6.42 Å². The van der Waals surface area contributed by atoms with Crippen LogP contribution in [0.2, 0.25) is 0 Å². The lowest BCUT2D eigenvalue weighted by Crippen LogP contribution is -2.41. The second-order valence-corrected chi connectivity index (χ2v) is 5.50. The van der Waals surface area contributed by atoms with Gasteiger partial charge in [-0.3, -0.25) is 0 Å². The summed E-state index contributed by atoms with van der Waals surface area (Å²) >= 11 is 0. The van der Waals surface area contributed by atoms with Crippen LogP contribution in [0.25, 0.3) is 0 Å². The molecule has 1 aliphatic heterocycles. The van der Waals surface area contributed by atoms with E-state index in [1.165, 1.54) is 18.5 Å². The maximum Gasteiger partial charge on any atom is 0.123 e. The van der Waals surface area contributed by atoms with Gasteiger partial charge in [-0.2, -0.15) is 0 Å². The van der Waals surface area contributed by atoms with Crippen LogP contribution in [-0.4, -0.2) is 19.1 Å². The molecule has 100 valence electrons. The molecule has 18 heavy (non-hydrogen) atoms. The molecular weight excluding hydrogens is 227 g/mol. The number of halogens is 1. The van der Waals surface area contributed by atoms with Gasteiger partial charge in [-0.25, -0.2) is 4.39 Å². The molecule has 1 fully saturated rings. The van der Waals surface area contributed by atoms with E-state index in [2.05, 4.69) is 18.7 Å². The summed E-state index contributed by atoms with van der Waals surface area (Å²) in [5.41, 5.74) is 7.84. The van der Waals surface area contributed by atoms with E-state index in [-0.39, 0.29) is 5.82 Å². The van der Waals surface area contributed by atoms with Gasteiger partial charge < -0.3 is 10.6 Å². The Labute approximate surface area is 109 Å². The molecule has 2 unspecified atom stereocenters. The first-order chi connectivity index (χ1) is 8.61. The zero-order chi connectivity index (χ0) is 13.1. The molecule has 0 spiro atoms. The van der Waals surface area contributed by atoms with E-state index < -0.39 is 0 Å². The Morgan fingerprint density at radius 3 is 2.83 bits per heavy atom. The Balaban J connectivity index is 2.30. The summed E-state index contributed by atoms with van der Waals surface area (Å²) in [6.45, 7) is 6.16. The van der Waals surface area contributed by atoms with Gasteiger partial charge in [0.05, 0.1) is 0 Å². The number of hydrogen-bond donors (Lipinski definition) is 1. The fourth-order valence-electron chi connectivity index (χ4n) is 2.81. The zero-order valence-corrected chi connectivity index (χ0v) is 11.3. The number of anilines is 1. The number of benzene rings is 1. The second kappa shape index (κ2) is 5.70. The van der Waals surface area contributed by atoms with E-state index >= 15 is 0 Å². The molecule has 0 aromatic heterocycles. The van der Waals surface area contributed by atoms with Crippen molar-refractivity contribution in [3.05, 3.63) is 29.6 Å². The lowest BCUT2D eigenvalue weighted by atomic mass is 9.93. The molecule has 1 aromatic rings. The van der Waals surface area contributed by atoms with Crippen molar-refractivity contribution < 1.29 is 4.39 Å². The molecule has 1 heterocycles. The van der Waals surface area contributed by atoms with Crippen molar-refractivity contribution in [2.24, 2.45) is 11.7 Å². The van der Waals surface area contributed by atoms with Crippen molar-refractivity contribution in [3.8, 4) is 0 Å². The van der Waals surface area contributed by atoms with Gasteiger partial charge in [0, 0.05) is 18.3 Å². The zero-order valence-electron chi connectivity index (χ0n) is 11.3. The maximum atomic E-state index is 13.4. The van der Waals surface area contributed by atoms with Crippen LogP contribution in [0.3, 0.4) is 0 Å². The molecule has 0 saturated carbocycles. The SMILES string of the molecule is CC1CCC(C)N(c2ccc(F)cc2CCN)C1. The summed E-state index contributed by atoms with van der Waals surface area (Å²) in [6.07, 6.45) is 3.23. The molecule has 1 saturated heterocycles. The summed E-state index contributed by atoms with van der Waals surface area (Å²) in [7, 11) is 0. The van der Waals surface area contributed by atoms with E-state index in [1.54, 1.807) is 12.1 Å². The van der Waals surface area contributed by atoms with Gasteiger partial charge in [-0.15, -0.1) is 0 Å². The highest BCUT2D eigenvalue weighted by atomic mass is 19.1. The molecule has 0 aliphatic carbocycles. The smallest absolute Gasteiger partial charge is 0.123 e. The van der Waals surface area contributed by atoms with Crippen LogP contribution in [0.4, 0.5) is 10.1 Å². The molecule has 1 aromatic carbocycles. The third kappa shape index (κ3) is 2.83. The highest BCUT2D eigenvalue weighted by molar-refractivity contribution is 5.55. The average Bonchev–Trinajstić information content (AvgIpc) is 2.33. The largest absolute Gasteiger partial charge is 0.368 e. The number of hydrogen-bond acceptors (Lipinski definition) is 2. The van der Waals surface area contributed by atoms with Crippen LogP contribution in [0.1, 0.15) is 32.3 Å². The van der Waals surface area contributed by atoms with Crippen molar-refractivity contribution in [2.45, 2.75) is 39.2 Å². The number of rotatable bonds is 3. The Bertz CT molecular complexity index is 405. The van der Waals surface area contributed by atoms with Crippen molar-refractivity contribution in [3.63, 3.8) is 0 Å². The third-order valence-electron chi connectivity index (χ3n) is 3.88. The standard InChI is InChI=1S/C15H23FN2/c1-11-3-4-12(2)18(10-11)15-6-5-14(16)9-13(15)7-8-17/h5-6,9,11-12H,3-4,7-8,10,17H2,1-2H3. The summed E-state index contributed by atoms with van der Waals surface area (Å²) in [6, 6.07) is 5.63. The average molecular weight is 250 g/mol. The predicted octanol–water partition coefficient (Wildman–Crippen LogP) is 2.95. The minimum atomic E-state index is -0.167. The molecule has 2 atom stereocenters. The molecule has 1 aliphatic rings. The van der Waals surface area contributed by atoms with E-state index in [1.807, 2.05) is 6.07 Å². The topological polar surface area (TPSA) is 29.3 Å². The van der Waals surface area contributed by atoms with E-state index in [0.29, 0.717) is 18.5 Å². The van der Waals surface area contributed by atoms with Crippen molar-refractivity contribution in [1.29, 1.82) is 0 Å². The van der Waals surface area contributed by atoms with Crippen molar-refractivity contribution in [2.75, 3.05) is 18.0 Å². The Hall–Kier alpha value is -1.09. The quantitative estimate of drug-likeness (QED) is 0.893. The van der Waals surface area contributed by atoms with Crippen LogP contribution < -0.4 is 10.6 Å². The van der Waals surface area contributed by atoms with Crippen LogP contribution >= 0.6 is 0 Å². The predicted molar refractivity (Wildman–Crippen MR) is 74.4 cm³/mol. The monoisotopic (exact) mass is 250 g/mol. The minimum Gasteiger partial charge on any atom is -0.368 e. The molecule has 2 nitrogen and oxygen atoms in total. The van der Waals surface area contributed by atoms with E-state index in [9.17, 15) is 4.39 Å². The van der Waals surface area contributed by atoms with Gasteiger partial charge in [-0.1, -0.05) is 6.92 Å². The summed E-state index contributed by atoms with van der Waals surface area (Å²) in [4.78, 5) is 2.42. The fourth-order valence-corrected chi connectivity index (χ4v) is 2.81. The lowest BCUT2D eigenvalue weighted by Gasteiger charge is -2.39. The van der Waals surface area contributed by atoms with Gasteiger partial charge in [0.15, 0.2) is 0 Å². The van der Waals surface area contributed by atoms with Gasteiger partial charge in [0.1, 0.15) is 5.82 Å². The normalized spacial score (nSPS) is 24.3. The van der Waals surface area contributed by atoms with Crippen LogP contribution in [0.15, 0.2) is 18.2 Å². The Morgan fingerprint density at radius 1 is 1.33 bits per heavy atom. The van der Waals surface area contributed by atoms with E-state index in [0.717, 1.165) is 18.5 Å². The Morgan fingerprint density at radius 2 is 2.11 bits per heavy atom. The third-order valence-corrected chi connectivity index (χ3v) is 3.88. The van der Waals surface area contributed by atoms with Gasteiger partial charge in [0.25, 0.3) is 0 Å². The second-order valence-electron chi connectivity index (χ2n) is 5.50. The lowest BCUT2D eigenvalue weighted by molar-refractivity contribution is 0.389. The first-order valence-electron chi connectivity index (χ1n) is 6.87. The van der Waals surface area contributed by atoms with Crippen LogP contribution in [0, 0.1) is 11.7 Å². The van der Waals surface area contributed by atoms with Crippen LogP contribution in [0.5, 0.6) is 0 Å². The first-order valence-corrected chi connectivity index (χ1v) is 6.87. The highest BCUT2D eigenvalue weighted by Crippen LogP contribution is 2.30. The Kier molecular flexibility index (Phi) is 4.23. The van der Waals surface area contributed by atoms with Crippen molar-refractivity contribution >= 4 is 5.69 Å². The molecule has 3 heteroatoms. The molecule has 2 N–H and O–H groups in total. The highest BCUT2D eigenvalue weighted by Gasteiger charge is 2.24. The summed E-state index contributed by atoms with van der Waals surface area (Å²) < 4.78 is 13.4. The summed E-state index contributed by atoms with van der Waals surface area (Å²) in [5, 5.41) is 0. The first kappa shape index (κ1) is 13.3. The minimum absolute atomic E-state index is 0.167. The number of nitrogens with two attached hydrogens (primary N) is 1. The molecule has 2 rings (SSSR count). The maximum absolute atomic E-state index is 13.4. The fraction of sp³-hybridized carbons (Fsp3) is 0.600. The number of nitrogens with zero attached hydrogens (tertiary/aromatic N) is 1. The summed E-state index contributed by atoms with van der Waals surface area (Å²) in [5.74, 6) is 0.539. The molecule has 0 radical (unpaired) electrons. The molecular formula is C15H23FN2. The molecule has 0 bridgehead atoms. The van der Waals surface area contributed by atoms with Gasteiger partial charge >= 0.3 is 0 Å². The van der Waals surface area contributed by atoms with Gasteiger partial charge in [0.2, 0.25) is 0 Å².